The van der Waals surface area contributed by atoms with Gasteiger partial charge in [-0.15, -0.1) is 0 Å². The quantitative estimate of drug-likeness (QED) is 0.203. The molecule has 2 rings (SSSR count). The molecule has 0 spiro atoms. The third-order valence-corrected chi connectivity index (χ3v) is 6.03. The Labute approximate surface area is 197 Å². The van der Waals surface area contributed by atoms with Crippen LogP contribution >= 0.6 is 45.2 Å². The number of hydrogen-bond donors (Lipinski definition) is 1. The molecule has 2 aromatic rings. The molecule has 0 fully saturated rings. The van der Waals surface area contributed by atoms with Gasteiger partial charge in [0.05, 0.1) is 18.3 Å². The standard InChI is InChI=1S/C18H12F2I2O7S/c1-2-10-3-5-11(6-4-10)17(24)29-15-13(21)7-12(8-14(15)22)16(23)28-9-18(19,20)30(25,26)27/h2-8H,1,9H2,(H,25,26,27). The molecule has 0 radical (unpaired) electrons. The van der Waals surface area contributed by atoms with Gasteiger partial charge < -0.3 is 9.47 Å². The minimum absolute atomic E-state index is 0.147. The second kappa shape index (κ2) is 9.65. The Kier molecular flexibility index (Phi) is 7.92. The number of esters is 2. The molecule has 0 heterocycles. The van der Waals surface area contributed by atoms with Gasteiger partial charge in [0.2, 0.25) is 0 Å². The summed E-state index contributed by atoms with van der Waals surface area (Å²) in [6.07, 6.45) is 1.62. The Morgan fingerprint density at radius 3 is 2.07 bits per heavy atom. The Bertz CT molecular complexity index is 1080. The first-order valence-corrected chi connectivity index (χ1v) is 11.4. The molecule has 0 aromatic heterocycles. The summed E-state index contributed by atoms with van der Waals surface area (Å²) >= 11 is 3.56. The third kappa shape index (κ3) is 5.95. The van der Waals surface area contributed by atoms with Gasteiger partial charge in [-0.05, 0) is 75.0 Å². The number of halogens is 4. The third-order valence-electron chi connectivity index (χ3n) is 3.56. The van der Waals surface area contributed by atoms with E-state index >= 15 is 0 Å². The van der Waals surface area contributed by atoms with E-state index in [1.165, 1.54) is 12.1 Å². The molecule has 0 atom stereocenters. The zero-order chi connectivity index (χ0) is 22.7. The largest absolute Gasteiger partial charge is 0.454 e. The molecule has 0 saturated carbocycles. The first-order chi connectivity index (χ1) is 13.9. The Morgan fingerprint density at radius 1 is 1.07 bits per heavy atom. The van der Waals surface area contributed by atoms with Crippen molar-refractivity contribution in [1.82, 2.24) is 0 Å². The lowest BCUT2D eigenvalue weighted by atomic mass is 10.1. The first-order valence-electron chi connectivity index (χ1n) is 7.81. The number of alkyl halides is 2. The second-order valence-corrected chi connectivity index (χ2v) is 9.54. The van der Waals surface area contributed by atoms with Crippen LogP contribution in [0.5, 0.6) is 5.75 Å². The molecule has 0 aliphatic carbocycles. The molecular weight excluding hydrogens is 652 g/mol. The molecule has 0 saturated heterocycles. The van der Waals surface area contributed by atoms with Crippen LogP contribution in [0.3, 0.4) is 0 Å². The van der Waals surface area contributed by atoms with E-state index in [9.17, 15) is 26.8 Å². The van der Waals surface area contributed by atoms with E-state index in [4.69, 9.17) is 9.29 Å². The maximum absolute atomic E-state index is 13.2. The number of carbonyl (C=O) groups excluding carboxylic acids is 2. The molecule has 2 aromatic carbocycles. The van der Waals surface area contributed by atoms with Crippen LogP contribution in [0.25, 0.3) is 6.08 Å². The van der Waals surface area contributed by atoms with E-state index < -0.39 is 33.9 Å². The van der Waals surface area contributed by atoms with Gasteiger partial charge >= 0.3 is 27.3 Å². The predicted molar refractivity (Wildman–Crippen MR) is 120 cm³/mol. The van der Waals surface area contributed by atoms with Gasteiger partial charge in [0.1, 0.15) is 0 Å². The smallest absolute Gasteiger partial charge is 0.402 e. The lowest BCUT2D eigenvalue weighted by molar-refractivity contribution is -0.00951. The van der Waals surface area contributed by atoms with Crippen molar-refractivity contribution in [1.29, 1.82) is 0 Å². The van der Waals surface area contributed by atoms with E-state index in [1.807, 2.05) is 0 Å². The van der Waals surface area contributed by atoms with Crippen molar-refractivity contribution in [3.8, 4) is 5.75 Å². The monoisotopic (exact) mass is 664 g/mol. The summed E-state index contributed by atoms with van der Waals surface area (Å²) in [6, 6.07) is 8.92. The topological polar surface area (TPSA) is 107 Å². The summed E-state index contributed by atoms with van der Waals surface area (Å²) in [5.41, 5.74) is 0.923. The highest BCUT2D eigenvalue weighted by Gasteiger charge is 2.45. The maximum Gasteiger partial charge on any atom is 0.402 e. The molecule has 0 bridgehead atoms. The molecule has 0 unspecified atom stereocenters. The van der Waals surface area contributed by atoms with Crippen LogP contribution in [0, 0.1) is 7.14 Å². The molecule has 160 valence electrons. The van der Waals surface area contributed by atoms with E-state index in [2.05, 4.69) is 11.3 Å². The summed E-state index contributed by atoms with van der Waals surface area (Å²) in [7, 11) is -5.72. The highest BCUT2D eigenvalue weighted by molar-refractivity contribution is 14.1. The summed E-state index contributed by atoms with van der Waals surface area (Å²) in [4.78, 5) is 24.3. The van der Waals surface area contributed by atoms with Crippen molar-refractivity contribution in [2.24, 2.45) is 0 Å². The Morgan fingerprint density at radius 2 is 1.60 bits per heavy atom. The number of rotatable bonds is 7. The van der Waals surface area contributed by atoms with Crippen molar-refractivity contribution >= 4 is 73.3 Å². The summed E-state index contributed by atoms with van der Waals surface area (Å²) in [5.74, 6) is -1.74. The maximum atomic E-state index is 13.2. The average molecular weight is 664 g/mol. The lowest BCUT2D eigenvalue weighted by Gasteiger charge is -2.14. The zero-order valence-corrected chi connectivity index (χ0v) is 19.9. The molecule has 0 aliphatic rings. The highest BCUT2D eigenvalue weighted by atomic mass is 127. The number of carbonyl (C=O) groups is 2. The fourth-order valence-corrected chi connectivity index (χ4v) is 4.19. The minimum Gasteiger partial charge on any atom is -0.454 e. The van der Waals surface area contributed by atoms with Crippen molar-refractivity contribution in [3.63, 3.8) is 0 Å². The summed E-state index contributed by atoms with van der Waals surface area (Å²) in [6.45, 7) is 1.77. The van der Waals surface area contributed by atoms with Gasteiger partial charge in [0, 0.05) is 0 Å². The molecule has 1 N–H and O–H groups in total. The number of hydrogen-bond acceptors (Lipinski definition) is 6. The SMILES string of the molecule is C=Cc1ccc(C(=O)Oc2c(I)cc(C(=O)OCC(F)(F)S(=O)(=O)O)cc2I)cc1. The fraction of sp³-hybridized carbons (Fsp3) is 0.111. The molecule has 30 heavy (non-hydrogen) atoms. The molecule has 0 amide bonds. The van der Waals surface area contributed by atoms with Crippen LogP contribution in [-0.2, 0) is 14.9 Å². The van der Waals surface area contributed by atoms with Crippen LogP contribution in [0.15, 0.2) is 43.0 Å². The van der Waals surface area contributed by atoms with Gasteiger partial charge in [0.25, 0.3) is 0 Å². The Balaban J connectivity index is 2.17. The van der Waals surface area contributed by atoms with Crippen molar-refractivity contribution in [3.05, 3.63) is 66.8 Å². The summed E-state index contributed by atoms with van der Waals surface area (Å²) < 4.78 is 66.2. The lowest BCUT2D eigenvalue weighted by Crippen LogP contribution is -2.34. The number of ether oxygens (including phenoxy) is 2. The van der Waals surface area contributed by atoms with Gasteiger partial charge in [-0.25, -0.2) is 9.59 Å². The molecule has 12 heteroatoms. The molecular formula is C18H12F2I2O7S. The molecule has 0 aliphatic heterocycles. The zero-order valence-electron chi connectivity index (χ0n) is 14.8. The first kappa shape index (κ1) is 24.6. The average Bonchev–Trinajstić information content (AvgIpc) is 2.67. The fourth-order valence-electron chi connectivity index (χ4n) is 1.99. The second-order valence-electron chi connectivity index (χ2n) is 5.67. The van der Waals surface area contributed by atoms with Gasteiger partial charge in [-0.1, -0.05) is 24.8 Å². The number of benzene rings is 2. The van der Waals surface area contributed by atoms with Crippen LogP contribution in [0.2, 0.25) is 0 Å². The normalized spacial score (nSPS) is 11.6. The molecule has 7 nitrogen and oxygen atoms in total. The van der Waals surface area contributed by atoms with Crippen molar-refractivity contribution in [2.45, 2.75) is 5.25 Å². The van der Waals surface area contributed by atoms with Crippen molar-refractivity contribution in [2.75, 3.05) is 6.61 Å². The van der Waals surface area contributed by atoms with Gasteiger partial charge in [-0.3, -0.25) is 4.55 Å². The minimum atomic E-state index is -5.72. The van der Waals surface area contributed by atoms with E-state index in [-0.39, 0.29) is 16.9 Å². The predicted octanol–water partition coefficient (Wildman–Crippen LogP) is 4.40. The van der Waals surface area contributed by atoms with Crippen LogP contribution in [-0.4, -0.2) is 36.8 Å². The highest BCUT2D eigenvalue weighted by Crippen LogP contribution is 2.30. The van der Waals surface area contributed by atoms with Gasteiger partial charge in [-0.2, -0.15) is 17.2 Å². The van der Waals surface area contributed by atoms with Crippen LogP contribution in [0.1, 0.15) is 26.3 Å². The van der Waals surface area contributed by atoms with E-state index in [0.717, 1.165) is 5.56 Å². The van der Waals surface area contributed by atoms with Gasteiger partial charge in [0.15, 0.2) is 12.4 Å². The summed E-state index contributed by atoms with van der Waals surface area (Å²) in [5, 5.41) is -4.64. The van der Waals surface area contributed by atoms with Crippen LogP contribution < -0.4 is 4.74 Å². The Hall–Kier alpha value is -1.65. The van der Waals surface area contributed by atoms with E-state index in [1.54, 1.807) is 75.5 Å². The van der Waals surface area contributed by atoms with E-state index in [0.29, 0.717) is 7.14 Å². The van der Waals surface area contributed by atoms with Crippen LogP contribution in [0.4, 0.5) is 8.78 Å². The van der Waals surface area contributed by atoms with Crippen molar-refractivity contribution < 1.29 is 40.8 Å².